The summed E-state index contributed by atoms with van der Waals surface area (Å²) < 4.78 is 1.86. The van der Waals surface area contributed by atoms with E-state index in [2.05, 4.69) is 10.4 Å². The molecule has 1 amide bonds. The van der Waals surface area contributed by atoms with Gasteiger partial charge in [-0.15, -0.1) is 0 Å². The fraction of sp³-hybridized carbons (Fsp3) is 0.421. The number of nitrogens with zero attached hydrogens (tertiary/aromatic N) is 2. The smallest absolute Gasteiger partial charge is 0.304 e. The molecule has 138 valence electrons. The first kappa shape index (κ1) is 18.5. The van der Waals surface area contributed by atoms with Gasteiger partial charge in [0.15, 0.2) is 0 Å². The molecule has 1 saturated carbocycles. The molecule has 1 aliphatic rings. The summed E-state index contributed by atoms with van der Waals surface area (Å²) in [5, 5.41) is 16.0. The summed E-state index contributed by atoms with van der Waals surface area (Å²) in [6, 6.07) is 9.76. The largest absolute Gasteiger partial charge is 0.481 e. The average molecular weight is 373 g/mol. The fourth-order valence-electron chi connectivity index (χ4n) is 3.22. The lowest BCUT2D eigenvalue weighted by atomic mass is 10.2. The second kappa shape index (κ2) is 8.89. The van der Waals surface area contributed by atoms with Crippen LogP contribution in [0.2, 0.25) is 0 Å². The minimum Gasteiger partial charge on any atom is -0.481 e. The summed E-state index contributed by atoms with van der Waals surface area (Å²) in [5.74, 6) is 0.367. The zero-order valence-corrected chi connectivity index (χ0v) is 15.4. The van der Waals surface area contributed by atoms with Crippen LogP contribution < -0.4 is 5.32 Å². The number of carbonyl (C=O) groups excluding carboxylic acids is 1. The highest BCUT2D eigenvalue weighted by molar-refractivity contribution is 7.98. The molecule has 0 saturated heterocycles. The average Bonchev–Trinajstić information content (AvgIpc) is 3.29. The van der Waals surface area contributed by atoms with Crippen molar-refractivity contribution < 1.29 is 14.7 Å². The van der Waals surface area contributed by atoms with Crippen LogP contribution in [0.25, 0.3) is 0 Å². The molecule has 1 aromatic heterocycles. The van der Waals surface area contributed by atoms with E-state index in [9.17, 15) is 9.59 Å². The van der Waals surface area contributed by atoms with E-state index in [0.717, 1.165) is 29.8 Å². The Labute approximate surface area is 157 Å². The number of hydrogen-bond acceptors (Lipinski definition) is 4. The summed E-state index contributed by atoms with van der Waals surface area (Å²) in [4.78, 5) is 23.2. The number of rotatable bonds is 8. The van der Waals surface area contributed by atoms with Crippen LogP contribution in [-0.4, -0.2) is 32.5 Å². The Morgan fingerprint density at radius 1 is 1.27 bits per heavy atom. The van der Waals surface area contributed by atoms with Crippen LogP contribution >= 0.6 is 11.8 Å². The number of hydrogen-bond donors (Lipinski definition) is 2. The number of benzene rings is 1. The summed E-state index contributed by atoms with van der Waals surface area (Å²) in [5.41, 5.74) is 2.39. The van der Waals surface area contributed by atoms with Crippen molar-refractivity contribution in [1.29, 1.82) is 0 Å². The van der Waals surface area contributed by atoms with Gasteiger partial charge in [0.05, 0.1) is 12.5 Å². The lowest BCUT2D eigenvalue weighted by molar-refractivity contribution is -0.136. The van der Waals surface area contributed by atoms with Crippen molar-refractivity contribution in [1.82, 2.24) is 9.78 Å². The third-order valence-electron chi connectivity index (χ3n) is 4.49. The standard InChI is InChI=1S/C19H23N3O3S/c23-18(24)9-11-26-13-14-4-3-5-15(12-14)21-19(25)17-8-10-20-22(17)16-6-1-2-7-16/h3-5,8,10,12,16H,1-2,6-7,9,11,13H2,(H,21,25)(H,23,24). The zero-order valence-electron chi connectivity index (χ0n) is 14.6. The Morgan fingerprint density at radius 2 is 2.08 bits per heavy atom. The van der Waals surface area contributed by atoms with Crippen molar-refractivity contribution in [3.63, 3.8) is 0 Å². The van der Waals surface area contributed by atoms with Crippen LogP contribution in [0.1, 0.15) is 54.2 Å². The Balaban J connectivity index is 1.60. The number of nitrogens with one attached hydrogen (secondary N) is 1. The number of amides is 1. The number of carboxylic acid groups (broad SMARTS) is 1. The predicted molar refractivity (Wildman–Crippen MR) is 103 cm³/mol. The van der Waals surface area contributed by atoms with Gasteiger partial charge in [-0.2, -0.15) is 16.9 Å². The van der Waals surface area contributed by atoms with Gasteiger partial charge in [0, 0.05) is 23.4 Å². The van der Waals surface area contributed by atoms with E-state index in [-0.39, 0.29) is 12.3 Å². The molecule has 1 fully saturated rings. The van der Waals surface area contributed by atoms with E-state index in [1.807, 2.05) is 28.9 Å². The second-order valence-corrected chi connectivity index (χ2v) is 7.56. The molecular weight excluding hydrogens is 350 g/mol. The molecule has 0 spiro atoms. The van der Waals surface area contributed by atoms with Gasteiger partial charge in [-0.3, -0.25) is 14.3 Å². The van der Waals surface area contributed by atoms with Crippen LogP contribution in [0.15, 0.2) is 36.5 Å². The first-order valence-corrected chi connectivity index (χ1v) is 10.0. The fourth-order valence-corrected chi connectivity index (χ4v) is 4.10. The van der Waals surface area contributed by atoms with Crippen molar-refractivity contribution in [2.75, 3.05) is 11.1 Å². The Hall–Kier alpha value is -2.28. The molecule has 0 radical (unpaired) electrons. The van der Waals surface area contributed by atoms with Gasteiger partial charge >= 0.3 is 5.97 Å². The lowest BCUT2D eigenvalue weighted by Gasteiger charge is -2.14. The highest BCUT2D eigenvalue weighted by atomic mass is 32.2. The number of anilines is 1. The molecule has 1 aromatic carbocycles. The number of carbonyl (C=O) groups is 2. The van der Waals surface area contributed by atoms with Crippen LogP contribution in [0.5, 0.6) is 0 Å². The third kappa shape index (κ3) is 4.88. The first-order valence-electron chi connectivity index (χ1n) is 8.87. The predicted octanol–water partition coefficient (Wildman–Crippen LogP) is 3.96. The second-order valence-electron chi connectivity index (χ2n) is 6.45. The maximum atomic E-state index is 12.7. The van der Waals surface area contributed by atoms with Crippen molar-refractivity contribution in [2.24, 2.45) is 0 Å². The number of carboxylic acids is 1. The molecule has 7 heteroatoms. The minimum atomic E-state index is -0.780. The molecule has 0 aliphatic heterocycles. The van der Waals surface area contributed by atoms with Crippen LogP contribution in [-0.2, 0) is 10.5 Å². The van der Waals surface area contributed by atoms with Crippen LogP contribution in [0.3, 0.4) is 0 Å². The van der Waals surface area contributed by atoms with Crippen molar-refractivity contribution >= 4 is 29.3 Å². The molecule has 2 N–H and O–H groups in total. The Bertz CT molecular complexity index is 769. The molecule has 0 atom stereocenters. The SMILES string of the molecule is O=C(O)CCSCc1cccc(NC(=O)c2ccnn2C2CCCC2)c1. The molecule has 1 heterocycles. The van der Waals surface area contributed by atoms with E-state index in [0.29, 0.717) is 17.5 Å². The van der Waals surface area contributed by atoms with Gasteiger partial charge in [-0.05, 0) is 36.6 Å². The molecule has 26 heavy (non-hydrogen) atoms. The summed E-state index contributed by atoms with van der Waals surface area (Å²) in [7, 11) is 0. The highest BCUT2D eigenvalue weighted by Gasteiger charge is 2.22. The van der Waals surface area contributed by atoms with E-state index in [1.54, 1.807) is 24.0 Å². The van der Waals surface area contributed by atoms with E-state index < -0.39 is 5.97 Å². The third-order valence-corrected chi connectivity index (χ3v) is 5.52. The molecule has 0 bridgehead atoms. The molecule has 1 aliphatic carbocycles. The Morgan fingerprint density at radius 3 is 2.85 bits per heavy atom. The normalized spacial score (nSPS) is 14.5. The van der Waals surface area contributed by atoms with Gasteiger partial charge in [-0.25, -0.2) is 0 Å². The van der Waals surface area contributed by atoms with Gasteiger partial charge in [0.25, 0.3) is 5.91 Å². The molecule has 2 aromatic rings. The monoisotopic (exact) mass is 373 g/mol. The summed E-state index contributed by atoms with van der Waals surface area (Å²) in [6.07, 6.45) is 6.37. The van der Waals surface area contributed by atoms with Gasteiger partial charge in [-0.1, -0.05) is 25.0 Å². The van der Waals surface area contributed by atoms with Crippen LogP contribution in [0, 0.1) is 0 Å². The Kier molecular flexibility index (Phi) is 6.33. The maximum Gasteiger partial charge on any atom is 0.304 e. The van der Waals surface area contributed by atoms with Crippen molar-refractivity contribution in [3.05, 3.63) is 47.8 Å². The van der Waals surface area contributed by atoms with Gasteiger partial charge in [0.2, 0.25) is 0 Å². The van der Waals surface area contributed by atoms with Crippen molar-refractivity contribution in [3.8, 4) is 0 Å². The number of thioether (sulfide) groups is 1. The maximum absolute atomic E-state index is 12.7. The highest BCUT2D eigenvalue weighted by Crippen LogP contribution is 2.30. The lowest BCUT2D eigenvalue weighted by Crippen LogP contribution is -2.20. The summed E-state index contributed by atoms with van der Waals surface area (Å²) in [6.45, 7) is 0. The number of aromatic nitrogens is 2. The van der Waals surface area contributed by atoms with Crippen LogP contribution in [0.4, 0.5) is 5.69 Å². The molecule has 3 rings (SSSR count). The van der Waals surface area contributed by atoms with Gasteiger partial charge in [0.1, 0.15) is 5.69 Å². The van der Waals surface area contributed by atoms with E-state index in [1.165, 1.54) is 12.8 Å². The summed E-state index contributed by atoms with van der Waals surface area (Å²) >= 11 is 1.57. The number of aliphatic carboxylic acids is 1. The van der Waals surface area contributed by atoms with Gasteiger partial charge < -0.3 is 10.4 Å². The van der Waals surface area contributed by atoms with E-state index >= 15 is 0 Å². The zero-order chi connectivity index (χ0) is 18.4. The molecular formula is C19H23N3O3S. The quantitative estimate of drug-likeness (QED) is 0.684. The minimum absolute atomic E-state index is 0.148. The topological polar surface area (TPSA) is 84.2 Å². The molecule has 0 unspecified atom stereocenters. The van der Waals surface area contributed by atoms with Crippen molar-refractivity contribution in [2.45, 2.75) is 43.9 Å². The molecule has 6 nitrogen and oxygen atoms in total. The first-order chi connectivity index (χ1) is 12.6. The van der Waals surface area contributed by atoms with E-state index in [4.69, 9.17) is 5.11 Å².